The van der Waals surface area contributed by atoms with E-state index in [0.29, 0.717) is 5.75 Å². The molecule has 2 nitrogen and oxygen atoms in total. The van der Waals surface area contributed by atoms with Crippen molar-refractivity contribution in [1.29, 1.82) is 0 Å². The molecule has 0 saturated heterocycles. The number of phenols is 1. The number of carbonyl (C=O) groups is 1. The van der Waals surface area contributed by atoms with E-state index in [1.807, 2.05) is 43.3 Å². The van der Waals surface area contributed by atoms with Crippen LogP contribution in [0.3, 0.4) is 0 Å². The van der Waals surface area contributed by atoms with Gasteiger partial charge in [0.2, 0.25) is 0 Å². The second kappa shape index (κ2) is 5.75. The number of benzene rings is 2. The molecule has 1 heterocycles. The van der Waals surface area contributed by atoms with Crippen LogP contribution in [0.1, 0.15) is 48.5 Å². The predicted octanol–water partition coefficient (Wildman–Crippen LogP) is 6.08. The predicted molar refractivity (Wildman–Crippen MR) is 102 cm³/mol. The molecule has 2 aromatic carbocycles. The van der Waals surface area contributed by atoms with Crippen LogP contribution in [0.5, 0.6) is 5.75 Å². The van der Waals surface area contributed by atoms with Crippen LogP contribution in [0, 0.1) is 6.92 Å². The highest BCUT2D eigenvalue weighted by Gasteiger charge is 2.22. The van der Waals surface area contributed by atoms with Crippen LogP contribution in [0.15, 0.2) is 36.4 Å². The molecular weight excluding hydrogens is 316 g/mol. The molecule has 3 aromatic rings. The first-order valence-corrected chi connectivity index (χ1v) is 8.88. The van der Waals surface area contributed by atoms with Crippen molar-refractivity contribution in [2.45, 2.75) is 40.0 Å². The van der Waals surface area contributed by atoms with Crippen molar-refractivity contribution in [3.8, 4) is 16.9 Å². The van der Waals surface area contributed by atoms with Gasteiger partial charge in [0, 0.05) is 21.2 Å². The van der Waals surface area contributed by atoms with Crippen molar-refractivity contribution in [3.05, 3.63) is 52.4 Å². The van der Waals surface area contributed by atoms with Crippen LogP contribution in [0.2, 0.25) is 0 Å². The Kier molecular flexibility index (Phi) is 4.00. The van der Waals surface area contributed by atoms with Gasteiger partial charge in [-0.3, -0.25) is 4.79 Å². The number of hydrogen-bond donors (Lipinski definition) is 1. The maximum atomic E-state index is 11.7. The van der Waals surface area contributed by atoms with Gasteiger partial charge in [-0.15, -0.1) is 11.3 Å². The SMILES string of the molecule is CC(=O)c1cc2c(-c3cc(C)cc(C(C)(C)C)c3O)cccc2s1. The molecule has 1 N–H and O–H groups in total. The maximum absolute atomic E-state index is 11.7. The Labute approximate surface area is 146 Å². The number of aromatic hydroxyl groups is 1. The molecular formula is C21H22O2S. The largest absolute Gasteiger partial charge is 0.507 e. The van der Waals surface area contributed by atoms with Crippen LogP contribution in [-0.2, 0) is 5.41 Å². The first-order valence-electron chi connectivity index (χ1n) is 8.06. The van der Waals surface area contributed by atoms with Crippen LogP contribution in [-0.4, -0.2) is 10.9 Å². The Hall–Kier alpha value is -2.13. The summed E-state index contributed by atoms with van der Waals surface area (Å²) in [5.41, 5.74) is 3.72. The highest BCUT2D eigenvalue weighted by atomic mass is 32.1. The summed E-state index contributed by atoms with van der Waals surface area (Å²) < 4.78 is 1.07. The standard InChI is InChI=1S/C21H22O2S/c1-12-9-16(20(23)17(10-12)21(3,4)5)14-7-6-8-18-15(14)11-19(24-18)13(2)22/h6-11,23H,1-5H3. The summed E-state index contributed by atoms with van der Waals surface area (Å²) in [6.45, 7) is 9.94. The summed E-state index contributed by atoms with van der Waals surface area (Å²) in [5.74, 6) is 0.405. The van der Waals surface area contributed by atoms with Gasteiger partial charge in [-0.1, -0.05) is 39.0 Å². The van der Waals surface area contributed by atoms with E-state index >= 15 is 0 Å². The van der Waals surface area contributed by atoms with Crippen molar-refractivity contribution in [3.63, 3.8) is 0 Å². The van der Waals surface area contributed by atoms with E-state index in [1.165, 1.54) is 11.3 Å². The number of ketones is 1. The summed E-state index contributed by atoms with van der Waals surface area (Å²) in [6.07, 6.45) is 0. The molecule has 0 unspecified atom stereocenters. The molecule has 0 spiro atoms. The number of aryl methyl sites for hydroxylation is 1. The van der Waals surface area contributed by atoms with E-state index in [0.717, 1.165) is 37.2 Å². The first kappa shape index (κ1) is 16.7. The van der Waals surface area contributed by atoms with Crippen molar-refractivity contribution in [2.75, 3.05) is 0 Å². The van der Waals surface area contributed by atoms with Gasteiger partial charge in [0.15, 0.2) is 5.78 Å². The van der Waals surface area contributed by atoms with E-state index < -0.39 is 0 Å². The average molecular weight is 338 g/mol. The lowest BCUT2D eigenvalue weighted by atomic mass is 9.83. The second-order valence-corrected chi connectivity index (χ2v) is 8.43. The summed E-state index contributed by atoms with van der Waals surface area (Å²) in [6, 6.07) is 12.0. The number of hydrogen-bond acceptors (Lipinski definition) is 3. The van der Waals surface area contributed by atoms with Crippen LogP contribution >= 0.6 is 11.3 Å². The maximum Gasteiger partial charge on any atom is 0.169 e. The van der Waals surface area contributed by atoms with Gasteiger partial charge >= 0.3 is 0 Å². The summed E-state index contributed by atoms with van der Waals surface area (Å²) in [7, 11) is 0. The number of rotatable bonds is 2. The van der Waals surface area contributed by atoms with Crippen molar-refractivity contribution >= 4 is 27.2 Å². The quantitative estimate of drug-likeness (QED) is 0.575. The number of thiophene rings is 1. The third-order valence-corrected chi connectivity index (χ3v) is 5.46. The van der Waals surface area contributed by atoms with E-state index in [2.05, 4.69) is 20.8 Å². The lowest BCUT2D eigenvalue weighted by Crippen LogP contribution is -2.12. The van der Waals surface area contributed by atoms with Gasteiger partial charge < -0.3 is 5.11 Å². The normalized spacial score (nSPS) is 11.9. The molecule has 124 valence electrons. The minimum absolute atomic E-state index is 0.0750. The third-order valence-electron chi connectivity index (χ3n) is 4.26. The van der Waals surface area contributed by atoms with E-state index in [9.17, 15) is 9.90 Å². The van der Waals surface area contributed by atoms with Gasteiger partial charge in [0.25, 0.3) is 0 Å². The molecule has 0 saturated carbocycles. The minimum Gasteiger partial charge on any atom is -0.507 e. The molecule has 0 atom stereocenters. The topological polar surface area (TPSA) is 37.3 Å². The molecule has 0 amide bonds. The third kappa shape index (κ3) is 2.84. The summed E-state index contributed by atoms with van der Waals surface area (Å²) in [5, 5.41) is 11.9. The lowest BCUT2D eigenvalue weighted by Gasteiger charge is -2.23. The fourth-order valence-corrected chi connectivity index (χ4v) is 4.01. The van der Waals surface area contributed by atoms with Gasteiger partial charge in [-0.2, -0.15) is 0 Å². The highest BCUT2D eigenvalue weighted by molar-refractivity contribution is 7.20. The molecule has 0 aliphatic rings. The van der Waals surface area contributed by atoms with Crippen molar-refractivity contribution < 1.29 is 9.90 Å². The number of fused-ring (bicyclic) bond motifs is 1. The van der Waals surface area contributed by atoms with Crippen molar-refractivity contribution in [2.24, 2.45) is 0 Å². The zero-order valence-corrected chi connectivity index (χ0v) is 15.5. The smallest absolute Gasteiger partial charge is 0.169 e. The monoisotopic (exact) mass is 338 g/mol. The fraction of sp³-hybridized carbons (Fsp3) is 0.286. The van der Waals surface area contributed by atoms with E-state index in [1.54, 1.807) is 6.92 Å². The second-order valence-electron chi connectivity index (χ2n) is 7.34. The molecule has 3 rings (SSSR count). The van der Waals surface area contributed by atoms with Gasteiger partial charge in [-0.25, -0.2) is 0 Å². The number of Topliss-reactive ketones (excluding diaryl/α,β-unsaturated/α-hetero) is 1. The Balaban J connectivity index is 2.32. The molecule has 24 heavy (non-hydrogen) atoms. The number of phenolic OH excluding ortho intramolecular Hbond substituents is 1. The molecule has 0 aliphatic heterocycles. The fourth-order valence-electron chi connectivity index (χ4n) is 3.03. The Bertz CT molecular complexity index is 942. The van der Waals surface area contributed by atoms with Crippen LogP contribution in [0.4, 0.5) is 0 Å². The van der Waals surface area contributed by atoms with E-state index in [4.69, 9.17) is 0 Å². The summed E-state index contributed by atoms with van der Waals surface area (Å²) >= 11 is 1.50. The first-order chi connectivity index (χ1) is 11.2. The minimum atomic E-state index is -0.141. The van der Waals surface area contributed by atoms with E-state index in [-0.39, 0.29) is 11.2 Å². The van der Waals surface area contributed by atoms with Gasteiger partial charge in [0.1, 0.15) is 5.75 Å². The number of carbonyl (C=O) groups excluding carboxylic acids is 1. The Morgan fingerprint density at radius 3 is 2.42 bits per heavy atom. The lowest BCUT2D eigenvalue weighted by molar-refractivity contribution is 0.102. The average Bonchev–Trinajstić information content (AvgIpc) is 2.92. The zero-order valence-electron chi connectivity index (χ0n) is 14.7. The van der Waals surface area contributed by atoms with Crippen LogP contribution < -0.4 is 0 Å². The van der Waals surface area contributed by atoms with Gasteiger partial charge in [0.05, 0.1) is 4.88 Å². The van der Waals surface area contributed by atoms with Crippen molar-refractivity contribution in [1.82, 2.24) is 0 Å². The highest BCUT2D eigenvalue weighted by Crippen LogP contribution is 2.43. The van der Waals surface area contributed by atoms with Gasteiger partial charge in [-0.05, 0) is 48.6 Å². The Morgan fingerprint density at radius 1 is 1.08 bits per heavy atom. The molecule has 0 radical (unpaired) electrons. The molecule has 0 bridgehead atoms. The zero-order chi connectivity index (χ0) is 17.6. The molecule has 0 fully saturated rings. The molecule has 1 aromatic heterocycles. The van der Waals surface area contributed by atoms with Crippen LogP contribution in [0.25, 0.3) is 21.2 Å². The summed E-state index contributed by atoms with van der Waals surface area (Å²) in [4.78, 5) is 12.5. The molecule has 0 aliphatic carbocycles. The Morgan fingerprint density at radius 2 is 1.79 bits per heavy atom. The molecule has 3 heteroatoms.